The Kier molecular flexibility index (Phi) is 2.83. The zero-order valence-electron chi connectivity index (χ0n) is 7.44. The molecule has 1 amide bonds. The van der Waals surface area contributed by atoms with Gasteiger partial charge in [0.2, 0.25) is 0 Å². The summed E-state index contributed by atoms with van der Waals surface area (Å²) in [6.07, 6.45) is 0. The lowest BCUT2D eigenvalue weighted by Gasteiger charge is -2.06. The molecular formula is C9H9NO4. The van der Waals surface area contributed by atoms with Crippen molar-refractivity contribution in [2.45, 2.75) is 6.92 Å². The summed E-state index contributed by atoms with van der Waals surface area (Å²) in [5.74, 6) is -2.02. The Morgan fingerprint density at radius 1 is 1.36 bits per heavy atom. The Bertz CT molecular complexity index is 386. The molecule has 5 nitrogen and oxygen atoms in total. The molecule has 0 aliphatic rings. The van der Waals surface area contributed by atoms with Crippen molar-refractivity contribution in [3.05, 3.63) is 34.9 Å². The number of hydrogen-bond donors (Lipinski definition) is 3. The minimum atomic E-state index is -1.19. The molecule has 74 valence electrons. The molecule has 0 saturated heterocycles. The van der Waals surface area contributed by atoms with E-state index in [0.29, 0.717) is 5.56 Å². The largest absolute Gasteiger partial charge is 0.478 e. The number of rotatable bonds is 2. The number of carbonyl (C=O) groups excluding carboxylic acids is 1. The van der Waals surface area contributed by atoms with Gasteiger partial charge in [0.1, 0.15) is 0 Å². The fourth-order valence-electron chi connectivity index (χ4n) is 1.20. The Labute approximate surface area is 79.9 Å². The van der Waals surface area contributed by atoms with E-state index in [-0.39, 0.29) is 11.1 Å². The summed E-state index contributed by atoms with van der Waals surface area (Å²) in [6.45, 7) is 1.58. The van der Waals surface area contributed by atoms with Crippen LogP contribution in [0.1, 0.15) is 26.3 Å². The molecule has 3 N–H and O–H groups in total. The third-order valence-electron chi connectivity index (χ3n) is 1.83. The molecule has 0 aliphatic carbocycles. The van der Waals surface area contributed by atoms with E-state index in [0.717, 1.165) is 0 Å². The number of nitrogens with one attached hydrogen (secondary N) is 1. The number of amides is 1. The molecule has 14 heavy (non-hydrogen) atoms. The molecule has 0 unspecified atom stereocenters. The van der Waals surface area contributed by atoms with Gasteiger partial charge >= 0.3 is 5.97 Å². The maximum Gasteiger partial charge on any atom is 0.336 e. The van der Waals surface area contributed by atoms with Gasteiger partial charge in [-0.15, -0.1) is 0 Å². The van der Waals surface area contributed by atoms with Gasteiger partial charge in [0, 0.05) is 0 Å². The monoisotopic (exact) mass is 195 g/mol. The summed E-state index contributed by atoms with van der Waals surface area (Å²) in [7, 11) is 0. The van der Waals surface area contributed by atoms with Crippen molar-refractivity contribution in [1.29, 1.82) is 0 Å². The van der Waals surface area contributed by atoms with Crippen molar-refractivity contribution < 1.29 is 19.9 Å². The van der Waals surface area contributed by atoms with Gasteiger partial charge in [-0.3, -0.25) is 10.0 Å². The van der Waals surface area contributed by atoms with Gasteiger partial charge in [0.25, 0.3) is 5.91 Å². The third-order valence-corrected chi connectivity index (χ3v) is 1.83. The van der Waals surface area contributed by atoms with Crippen molar-refractivity contribution in [2.24, 2.45) is 0 Å². The van der Waals surface area contributed by atoms with Crippen LogP contribution in [0.3, 0.4) is 0 Å². The maximum absolute atomic E-state index is 11.1. The van der Waals surface area contributed by atoms with E-state index in [1.165, 1.54) is 11.5 Å². The third kappa shape index (κ3) is 1.72. The van der Waals surface area contributed by atoms with Crippen LogP contribution in [0.15, 0.2) is 18.2 Å². The van der Waals surface area contributed by atoms with Crippen LogP contribution < -0.4 is 5.48 Å². The van der Waals surface area contributed by atoms with Gasteiger partial charge in [0.05, 0.1) is 11.1 Å². The van der Waals surface area contributed by atoms with Gasteiger partial charge in [-0.25, -0.2) is 10.3 Å². The molecule has 1 rings (SSSR count). The van der Waals surface area contributed by atoms with Crippen LogP contribution in [0.2, 0.25) is 0 Å². The standard InChI is InChI=1S/C9H9NO4/c1-5-3-2-4-6(8(11)10-14)7(5)9(12)13/h2-4,14H,1H3,(H,10,11)(H,12,13). The van der Waals surface area contributed by atoms with Crippen LogP contribution in [-0.2, 0) is 0 Å². The Morgan fingerprint density at radius 3 is 2.50 bits per heavy atom. The molecule has 0 aliphatic heterocycles. The number of aromatic carboxylic acids is 1. The van der Waals surface area contributed by atoms with Crippen molar-refractivity contribution in [3.63, 3.8) is 0 Å². The molecule has 0 heterocycles. The first-order chi connectivity index (χ1) is 6.57. The molecule has 0 spiro atoms. The summed E-state index contributed by atoms with van der Waals surface area (Å²) in [5, 5.41) is 17.2. The lowest BCUT2D eigenvalue weighted by molar-refractivity contribution is 0.0661. The van der Waals surface area contributed by atoms with Gasteiger partial charge in [-0.2, -0.15) is 0 Å². The molecule has 0 radical (unpaired) electrons. The van der Waals surface area contributed by atoms with Crippen LogP contribution in [0, 0.1) is 6.92 Å². The van der Waals surface area contributed by atoms with E-state index >= 15 is 0 Å². The van der Waals surface area contributed by atoms with Crippen LogP contribution >= 0.6 is 0 Å². The fourth-order valence-corrected chi connectivity index (χ4v) is 1.20. The minimum Gasteiger partial charge on any atom is -0.478 e. The lowest BCUT2D eigenvalue weighted by Crippen LogP contribution is -2.22. The van der Waals surface area contributed by atoms with E-state index in [1.807, 2.05) is 0 Å². The average molecular weight is 195 g/mol. The zero-order valence-corrected chi connectivity index (χ0v) is 7.44. The summed E-state index contributed by atoms with van der Waals surface area (Å²) >= 11 is 0. The first-order valence-corrected chi connectivity index (χ1v) is 3.85. The molecule has 5 heteroatoms. The van der Waals surface area contributed by atoms with E-state index in [9.17, 15) is 9.59 Å². The quantitative estimate of drug-likeness (QED) is 0.481. The van der Waals surface area contributed by atoms with Crippen LogP contribution in [-0.4, -0.2) is 22.2 Å². The van der Waals surface area contributed by atoms with E-state index < -0.39 is 11.9 Å². The van der Waals surface area contributed by atoms with Gasteiger partial charge < -0.3 is 5.11 Å². The van der Waals surface area contributed by atoms with Crippen molar-refractivity contribution in [1.82, 2.24) is 5.48 Å². The average Bonchev–Trinajstić information content (AvgIpc) is 2.15. The number of hydroxylamine groups is 1. The molecule has 0 bridgehead atoms. The fraction of sp³-hybridized carbons (Fsp3) is 0.111. The van der Waals surface area contributed by atoms with Crippen LogP contribution in [0.5, 0.6) is 0 Å². The minimum absolute atomic E-state index is 0.0556. The summed E-state index contributed by atoms with van der Waals surface area (Å²) in [6, 6.07) is 4.46. The Balaban J connectivity index is 3.35. The van der Waals surface area contributed by atoms with Crippen LogP contribution in [0.25, 0.3) is 0 Å². The Hall–Kier alpha value is -1.88. The topological polar surface area (TPSA) is 86.6 Å². The molecule has 1 aromatic rings. The molecule has 0 saturated carbocycles. The number of carbonyl (C=O) groups is 2. The number of hydrogen-bond acceptors (Lipinski definition) is 3. The second-order valence-corrected chi connectivity index (χ2v) is 2.74. The van der Waals surface area contributed by atoms with Crippen molar-refractivity contribution in [2.75, 3.05) is 0 Å². The number of benzene rings is 1. The second kappa shape index (κ2) is 3.89. The highest BCUT2D eigenvalue weighted by atomic mass is 16.5. The molecule has 0 aromatic heterocycles. The molecule has 1 aromatic carbocycles. The maximum atomic E-state index is 11.1. The van der Waals surface area contributed by atoms with Gasteiger partial charge in [-0.05, 0) is 18.6 Å². The molecule has 0 fully saturated rings. The summed E-state index contributed by atoms with van der Waals surface area (Å²) in [4.78, 5) is 21.9. The van der Waals surface area contributed by atoms with E-state index in [2.05, 4.69) is 0 Å². The smallest absolute Gasteiger partial charge is 0.336 e. The lowest BCUT2D eigenvalue weighted by atomic mass is 10.0. The summed E-state index contributed by atoms with van der Waals surface area (Å²) in [5.41, 5.74) is 1.72. The van der Waals surface area contributed by atoms with Crippen molar-refractivity contribution in [3.8, 4) is 0 Å². The number of aryl methyl sites for hydroxylation is 1. The number of carboxylic acids is 1. The normalized spacial score (nSPS) is 9.57. The van der Waals surface area contributed by atoms with Gasteiger partial charge in [0.15, 0.2) is 0 Å². The molecular weight excluding hydrogens is 186 g/mol. The highest BCUT2D eigenvalue weighted by Gasteiger charge is 2.17. The highest BCUT2D eigenvalue weighted by molar-refractivity contribution is 6.05. The SMILES string of the molecule is Cc1cccc(C(=O)NO)c1C(=O)O. The molecule has 0 atom stereocenters. The first-order valence-electron chi connectivity index (χ1n) is 3.85. The first kappa shape index (κ1) is 10.2. The number of carboxylic acid groups (broad SMARTS) is 1. The highest BCUT2D eigenvalue weighted by Crippen LogP contribution is 2.13. The predicted molar refractivity (Wildman–Crippen MR) is 47.4 cm³/mol. The predicted octanol–water partition coefficient (Wildman–Crippen LogP) is 0.812. The zero-order chi connectivity index (χ0) is 10.7. The van der Waals surface area contributed by atoms with E-state index in [4.69, 9.17) is 10.3 Å². The Morgan fingerprint density at radius 2 is 2.00 bits per heavy atom. The van der Waals surface area contributed by atoms with Crippen LogP contribution in [0.4, 0.5) is 0 Å². The summed E-state index contributed by atoms with van der Waals surface area (Å²) < 4.78 is 0. The van der Waals surface area contributed by atoms with E-state index in [1.54, 1.807) is 19.1 Å². The van der Waals surface area contributed by atoms with Gasteiger partial charge in [-0.1, -0.05) is 12.1 Å². The second-order valence-electron chi connectivity index (χ2n) is 2.74. The van der Waals surface area contributed by atoms with Crippen molar-refractivity contribution >= 4 is 11.9 Å².